The van der Waals surface area contributed by atoms with Crippen molar-refractivity contribution in [3.63, 3.8) is 0 Å². The van der Waals surface area contributed by atoms with Gasteiger partial charge in [-0.05, 0) is 22.9 Å². The molecule has 1 aromatic heterocycles. The van der Waals surface area contributed by atoms with E-state index in [0.29, 0.717) is 0 Å². The lowest BCUT2D eigenvalue weighted by Gasteiger charge is -1.94. The average Bonchev–Trinajstić information content (AvgIpc) is 3.28. The molecule has 0 unspecified atom stereocenters. The van der Waals surface area contributed by atoms with E-state index < -0.39 is 21.8 Å². The summed E-state index contributed by atoms with van der Waals surface area (Å²) in [5.74, 6) is -2.58. The number of aromatic carboxylic acids is 2. The smallest absolute Gasteiger partial charge is 0.342 e. The molecule has 150 valence electrons. The van der Waals surface area contributed by atoms with Gasteiger partial charge in [-0.1, -0.05) is 36.4 Å². The number of carboxylic acid groups (broad SMARTS) is 2. The summed E-state index contributed by atoms with van der Waals surface area (Å²) in [6.07, 6.45) is 0. The third-order valence-electron chi connectivity index (χ3n) is 3.09. The molecule has 0 atom stereocenters. The lowest BCUT2D eigenvalue weighted by Crippen LogP contribution is -2.01. The maximum absolute atomic E-state index is 10.4. The van der Waals surface area contributed by atoms with Crippen LogP contribution in [-0.4, -0.2) is 32.0 Å². The second-order valence-electron chi connectivity index (χ2n) is 4.95. The minimum atomic E-state index is -1.29. The molecule has 0 spiro atoms. The van der Waals surface area contributed by atoms with Gasteiger partial charge in [0.25, 0.3) is 11.4 Å². The first-order valence-electron chi connectivity index (χ1n) is 7.66. The number of para-hydroxylation sites is 2. The minimum absolute atomic E-state index is 0.289. The molecule has 1 heterocycles. The van der Waals surface area contributed by atoms with Crippen molar-refractivity contribution in [3.05, 3.63) is 103 Å². The van der Waals surface area contributed by atoms with Gasteiger partial charge >= 0.3 is 11.9 Å². The number of hydrogen-bond donors (Lipinski definition) is 2. The highest BCUT2D eigenvalue weighted by molar-refractivity contribution is 7.07. The van der Waals surface area contributed by atoms with E-state index in [1.54, 1.807) is 11.3 Å². The number of rotatable bonds is 4. The minimum Gasteiger partial charge on any atom is -0.477 e. The average molecular weight is 418 g/mol. The summed E-state index contributed by atoms with van der Waals surface area (Å²) >= 11 is 1.71. The largest absolute Gasteiger partial charge is 0.477 e. The van der Waals surface area contributed by atoms with Crippen LogP contribution < -0.4 is 0 Å². The zero-order valence-corrected chi connectivity index (χ0v) is 15.4. The van der Waals surface area contributed by atoms with E-state index in [4.69, 9.17) is 10.2 Å². The number of carbonyl (C=O) groups is 2. The van der Waals surface area contributed by atoms with E-state index in [1.807, 2.05) is 22.9 Å². The molecule has 0 amide bonds. The molecule has 2 aromatic carbocycles. The number of nitro groups is 2. The summed E-state index contributed by atoms with van der Waals surface area (Å²) in [5, 5.41) is 41.6. The Morgan fingerprint density at radius 3 is 1.24 bits per heavy atom. The third-order valence-corrected chi connectivity index (χ3v) is 3.72. The number of nitrogens with zero attached hydrogens (tertiary/aromatic N) is 2. The standard InChI is InChI=1S/2C7H5NO4.C4H4S/c2*9-7(10)5-3-1-2-4-6(5)8(11)12;1-2-4-5-3-1/h2*1-4H,(H,9,10);1-4H. The summed E-state index contributed by atoms with van der Waals surface area (Å²) < 4.78 is 0. The molecule has 29 heavy (non-hydrogen) atoms. The predicted molar refractivity (Wildman–Crippen MR) is 104 cm³/mol. The van der Waals surface area contributed by atoms with Gasteiger partial charge in [0.2, 0.25) is 0 Å². The Balaban J connectivity index is 0.000000235. The van der Waals surface area contributed by atoms with Crippen LogP contribution in [0.1, 0.15) is 20.7 Å². The zero-order valence-electron chi connectivity index (χ0n) is 14.6. The molecule has 11 heteroatoms. The van der Waals surface area contributed by atoms with Gasteiger partial charge < -0.3 is 10.2 Å². The van der Waals surface area contributed by atoms with E-state index in [0.717, 1.165) is 12.1 Å². The van der Waals surface area contributed by atoms with Crippen LogP contribution in [0.25, 0.3) is 0 Å². The van der Waals surface area contributed by atoms with Crippen molar-refractivity contribution in [2.75, 3.05) is 0 Å². The Kier molecular flexibility index (Phi) is 9.14. The van der Waals surface area contributed by atoms with E-state index in [1.165, 1.54) is 36.4 Å². The molecule has 0 radical (unpaired) electrons. The molecule has 10 nitrogen and oxygen atoms in total. The van der Waals surface area contributed by atoms with Gasteiger partial charge in [-0.25, -0.2) is 9.59 Å². The molecule has 0 aliphatic heterocycles. The van der Waals surface area contributed by atoms with Crippen LogP contribution in [0.3, 0.4) is 0 Å². The van der Waals surface area contributed by atoms with Crippen molar-refractivity contribution in [1.29, 1.82) is 0 Å². The molecule has 0 saturated carbocycles. The van der Waals surface area contributed by atoms with Crippen LogP contribution in [0, 0.1) is 20.2 Å². The van der Waals surface area contributed by atoms with Gasteiger partial charge in [0.15, 0.2) is 0 Å². The highest BCUT2D eigenvalue weighted by Crippen LogP contribution is 2.17. The topological polar surface area (TPSA) is 161 Å². The van der Waals surface area contributed by atoms with Gasteiger partial charge in [-0.2, -0.15) is 11.3 Å². The number of nitro benzene ring substituents is 2. The lowest BCUT2D eigenvalue weighted by atomic mass is 10.2. The Morgan fingerprint density at radius 2 is 1.03 bits per heavy atom. The normalized spacial score (nSPS) is 9.10. The number of carboxylic acids is 2. The van der Waals surface area contributed by atoms with Crippen LogP contribution in [0.4, 0.5) is 11.4 Å². The maximum atomic E-state index is 10.4. The van der Waals surface area contributed by atoms with Crippen molar-refractivity contribution in [2.24, 2.45) is 0 Å². The third kappa shape index (κ3) is 7.56. The van der Waals surface area contributed by atoms with Crippen molar-refractivity contribution < 1.29 is 29.6 Å². The summed E-state index contributed by atoms with van der Waals surface area (Å²) in [7, 11) is 0. The van der Waals surface area contributed by atoms with Crippen LogP contribution in [0.2, 0.25) is 0 Å². The fourth-order valence-corrected chi connectivity index (χ4v) is 2.31. The van der Waals surface area contributed by atoms with E-state index in [9.17, 15) is 29.8 Å². The number of hydrogen-bond acceptors (Lipinski definition) is 7. The number of benzene rings is 2. The Labute approximate surface area is 167 Å². The monoisotopic (exact) mass is 418 g/mol. The first-order chi connectivity index (χ1) is 13.8. The Morgan fingerprint density at radius 1 is 0.690 bits per heavy atom. The van der Waals surface area contributed by atoms with Crippen molar-refractivity contribution in [3.8, 4) is 0 Å². The van der Waals surface area contributed by atoms with Crippen molar-refractivity contribution >= 4 is 34.7 Å². The van der Waals surface area contributed by atoms with Crippen molar-refractivity contribution in [2.45, 2.75) is 0 Å². The Hall–Kier alpha value is -4.12. The molecule has 0 bridgehead atoms. The fourth-order valence-electron chi connectivity index (χ4n) is 1.85. The molecular weight excluding hydrogens is 404 g/mol. The van der Waals surface area contributed by atoms with Gasteiger partial charge in [0.05, 0.1) is 9.85 Å². The van der Waals surface area contributed by atoms with Crippen LogP contribution in [-0.2, 0) is 0 Å². The summed E-state index contributed by atoms with van der Waals surface area (Å²) in [6, 6.07) is 14.5. The predicted octanol–water partition coefficient (Wildman–Crippen LogP) is 4.33. The van der Waals surface area contributed by atoms with Gasteiger partial charge in [0.1, 0.15) is 11.1 Å². The lowest BCUT2D eigenvalue weighted by molar-refractivity contribution is -0.385. The van der Waals surface area contributed by atoms with Crippen LogP contribution >= 0.6 is 11.3 Å². The molecule has 2 N–H and O–H groups in total. The molecule has 3 rings (SSSR count). The second kappa shape index (κ2) is 11.6. The molecule has 0 aliphatic rings. The Bertz CT molecular complexity index is 838. The van der Waals surface area contributed by atoms with E-state index in [-0.39, 0.29) is 22.5 Å². The van der Waals surface area contributed by atoms with Gasteiger partial charge in [-0.15, -0.1) is 0 Å². The highest BCUT2D eigenvalue weighted by atomic mass is 32.1. The first-order valence-corrected chi connectivity index (χ1v) is 8.60. The van der Waals surface area contributed by atoms with Crippen LogP contribution in [0.15, 0.2) is 71.4 Å². The SMILES string of the molecule is O=C(O)c1ccccc1[N+](=O)[O-].O=C(O)c1ccccc1[N+](=O)[O-].c1ccsc1. The number of thiophene rings is 1. The molecule has 0 saturated heterocycles. The van der Waals surface area contributed by atoms with E-state index in [2.05, 4.69) is 0 Å². The summed E-state index contributed by atoms with van der Waals surface area (Å²) in [5.41, 5.74) is -1.35. The van der Waals surface area contributed by atoms with Gasteiger partial charge in [0, 0.05) is 12.1 Å². The summed E-state index contributed by atoms with van der Waals surface area (Å²) in [6.45, 7) is 0. The molecule has 0 fully saturated rings. The quantitative estimate of drug-likeness (QED) is 0.467. The molecular formula is C18H14N2O8S. The zero-order chi connectivity index (χ0) is 21.8. The molecule has 3 aromatic rings. The fraction of sp³-hybridized carbons (Fsp3) is 0. The van der Waals surface area contributed by atoms with Gasteiger partial charge in [-0.3, -0.25) is 20.2 Å². The second-order valence-corrected chi connectivity index (χ2v) is 5.77. The van der Waals surface area contributed by atoms with E-state index >= 15 is 0 Å². The van der Waals surface area contributed by atoms with Crippen LogP contribution in [0.5, 0.6) is 0 Å². The maximum Gasteiger partial charge on any atom is 0.342 e. The summed E-state index contributed by atoms with van der Waals surface area (Å²) in [4.78, 5) is 39.9. The molecule has 0 aliphatic carbocycles. The highest BCUT2D eigenvalue weighted by Gasteiger charge is 2.18. The van der Waals surface area contributed by atoms with Crippen molar-refractivity contribution in [1.82, 2.24) is 0 Å². The first kappa shape index (κ1) is 22.9.